The highest BCUT2D eigenvalue weighted by atomic mass is 32.2. The average molecular weight is 887 g/mol. The van der Waals surface area contributed by atoms with E-state index in [0.717, 1.165) is 36.8 Å². The van der Waals surface area contributed by atoms with Crippen molar-refractivity contribution in [1.29, 1.82) is 5.26 Å². The van der Waals surface area contributed by atoms with Crippen LogP contribution in [0.3, 0.4) is 0 Å². The number of carbonyl (C=O) groups is 3. The fourth-order valence-corrected chi connectivity index (χ4v) is 12.4. The molecule has 2 unspecified atom stereocenters. The van der Waals surface area contributed by atoms with Crippen LogP contribution in [0.5, 0.6) is 28.7 Å². The van der Waals surface area contributed by atoms with Crippen molar-refractivity contribution in [3.05, 3.63) is 52.1 Å². The number of hydrogen-bond donors (Lipinski definition) is 2. The minimum absolute atomic E-state index is 0.0328. The molecule has 5 aliphatic rings. The van der Waals surface area contributed by atoms with E-state index in [1.54, 1.807) is 0 Å². The van der Waals surface area contributed by atoms with Crippen molar-refractivity contribution < 1.29 is 43.2 Å². The number of nitrogens with one attached hydrogen (secondary N) is 1. The molecule has 5 heterocycles. The number of nitriles is 1. The molecule has 13 nitrogen and oxygen atoms in total. The predicted octanol–water partition coefficient (Wildman–Crippen LogP) is 8.75. The second-order valence-corrected chi connectivity index (χ2v) is 19.0. The summed E-state index contributed by atoms with van der Waals surface area (Å²) in [6.45, 7) is 11.6. The normalized spacial score (nSPS) is 24.6. The Morgan fingerprint density at radius 1 is 0.984 bits per heavy atom. The first-order valence-electron chi connectivity index (χ1n) is 23.2. The van der Waals surface area contributed by atoms with E-state index in [-0.39, 0.29) is 36.9 Å². The van der Waals surface area contributed by atoms with Crippen molar-refractivity contribution in [3.8, 4) is 34.8 Å². The maximum absolute atomic E-state index is 14.1. The number of piperazine rings is 1. The summed E-state index contributed by atoms with van der Waals surface area (Å²) >= 11 is 1.43. The number of cyclic esters (lactones) is 1. The van der Waals surface area contributed by atoms with E-state index in [4.69, 9.17) is 23.7 Å². The standard InChI is InChI=1S/C49H66N4O9S/c1-7-9-10-11-12-13-14-15-16-17-18-19-20-21-37(55)51-33-27-63-48-40-39(47-46(60-28-61-47)30(4)45(40)62-31(5)54)36(26-59-49(33)57)53-35(25-50)34-24-32-23-29(3)44(58-6)43(56)38(32)41(42(48)53)52(34)22-8-2/h8,23,33-36,41-42,48,56H,2,7,9-22,24,26-28H2,1,3-6H3,(H,51,55)/t33?,34-,35-,36+,41+,42?,48+/m0/s1. The molecule has 0 spiro atoms. The molecule has 2 aromatic carbocycles. The molecule has 0 radical (unpaired) electrons. The van der Waals surface area contributed by atoms with Gasteiger partial charge in [-0.25, -0.2) is 4.79 Å². The number of ether oxygens (including phenoxy) is 5. The summed E-state index contributed by atoms with van der Waals surface area (Å²) in [6.07, 6.45) is 18.2. The molecule has 2 fully saturated rings. The Morgan fingerprint density at radius 2 is 1.65 bits per heavy atom. The summed E-state index contributed by atoms with van der Waals surface area (Å²) in [6, 6.07) is 0.858. The van der Waals surface area contributed by atoms with Gasteiger partial charge in [-0.05, 0) is 37.8 Å². The van der Waals surface area contributed by atoms with E-state index < -0.39 is 47.4 Å². The van der Waals surface area contributed by atoms with Gasteiger partial charge < -0.3 is 34.1 Å². The summed E-state index contributed by atoms with van der Waals surface area (Å²) in [5.74, 6) is 0.459. The van der Waals surface area contributed by atoms with E-state index in [2.05, 4.69) is 34.7 Å². The smallest absolute Gasteiger partial charge is 0.329 e. The molecule has 7 atom stereocenters. The Morgan fingerprint density at radius 3 is 2.29 bits per heavy atom. The summed E-state index contributed by atoms with van der Waals surface area (Å²) in [5.41, 5.74) is 4.30. The van der Waals surface area contributed by atoms with E-state index in [0.29, 0.717) is 64.6 Å². The van der Waals surface area contributed by atoms with Crippen molar-refractivity contribution >= 4 is 29.6 Å². The summed E-state index contributed by atoms with van der Waals surface area (Å²) in [4.78, 5) is 44.9. The van der Waals surface area contributed by atoms with Gasteiger partial charge in [0.25, 0.3) is 0 Å². The highest BCUT2D eigenvalue weighted by molar-refractivity contribution is 7.99. The van der Waals surface area contributed by atoms with Gasteiger partial charge in [-0.15, -0.1) is 18.3 Å². The molecule has 7 rings (SSSR count). The lowest BCUT2D eigenvalue weighted by atomic mass is 9.71. The number of aryl methyl sites for hydroxylation is 1. The van der Waals surface area contributed by atoms with Crippen LogP contribution in [0.4, 0.5) is 0 Å². The third-order valence-electron chi connectivity index (χ3n) is 13.7. The Labute approximate surface area is 377 Å². The molecule has 0 aromatic heterocycles. The molecule has 5 aliphatic heterocycles. The van der Waals surface area contributed by atoms with Crippen LogP contribution in [0.1, 0.15) is 154 Å². The minimum atomic E-state index is -0.963. The lowest BCUT2D eigenvalue weighted by Gasteiger charge is -2.62. The Balaban J connectivity index is 1.19. The number of nitrogens with zero attached hydrogens (tertiary/aromatic N) is 3. The molecule has 2 saturated heterocycles. The maximum atomic E-state index is 14.1. The van der Waals surface area contributed by atoms with Crippen molar-refractivity contribution in [1.82, 2.24) is 15.1 Å². The molecule has 342 valence electrons. The molecule has 63 heavy (non-hydrogen) atoms. The molecule has 2 aromatic rings. The number of phenolic OH excluding ortho intramolecular Hbond substituents is 1. The van der Waals surface area contributed by atoms with Crippen LogP contribution in [0, 0.1) is 25.2 Å². The topological polar surface area (TPSA) is 160 Å². The lowest BCUT2D eigenvalue weighted by Crippen LogP contribution is -2.70. The zero-order valence-corrected chi connectivity index (χ0v) is 38.6. The first kappa shape index (κ1) is 46.5. The van der Waals surface area contributed by atoms with Crippen LogP contribution in [-0.2, 0) is 25.5 Å². The molecule has 2 N–H and O–H groups in total. The minimum Gasteiger partial charge on any atom is -0.504 e. The van der Waals surface area contributed by atoms with Crippen molar-refractivity contribution in [2.24, 2.45) is 0 Å². The second-order valence-electron chi connectivity index (χ2n) is 17.8. The number of rotatable bonds is 19. The van der Waals surface area contributed by atoms with Crippen LogP contribution in [0.25, 0.3) is 0 Å². The number of phenols is 1. The molecular formula is C49H66N4O9S. The van der Waals surface area contributed by atoms with Crippen molar-refractivity contribution in [3.63, 3.8) is 0 Å². The van der Waals surface area contributed by atoms with Gasteiger partial charge in [0.1, 0.15) is 24.4 Å². The van der Waals surface area contributed by atoms with Gasteiger partial charge in [0.2, 0.25) is 12.7 Å². The van der Waals surface area contributed by atoms with Gasteiger partial charge in [-0.2, -0.15) is 5.26 Å². The maximum Gasteiger partial charge on any atom is 0.329 e. The van der Waals surface area contributed by atoms with E-state index >= 15 is 0 Å². The highest BCUT2D eigenvalue weighted by Crippen LogP contribution is 2.64. The Hall–Kier alpha value is -4.45. The second kappa shape index (κ2) is 21.0. The molecule has 0 saturated carbocycles. The zero-order valence-electron chi connectivity index (χ0n) is 37.8. The summed E-state index contributed by atoms with van der Waals surface area (Å²) in [5, 5.41) is 25.8. The highest BCUT2D eigenvalue weighted by Gasteiger charge is 2.61. The van der Waals surface area contributed by atoms with E-state index in [1.807, 2.05) is 26.0 Å². The number of aromatic hydroxyl groups is 1. The fraction of sp³-hybridized carbons (Fsp3) is 0.633. The average Bonchev–Trinajstić information content (AvgIpc) is 3.75. The zero-order chi connectivity index (χ0) is 44.8. The lowest BCUT2D eigenvalue weighted by molar-refractivity contribution is -0.153. The van der Waals surface area contributed by atoms with Gasteiger partial charge in [-0.1, -0.05) is 96.1 Å². The number of unbranched alkanes of at least 4 members (excludes halogenated alkanes) is 12. The van der Waals surface area contributed by atoms with Crippen LogP contribution in [-0.4, -0.2) is 89.7 Å². The Bertz CT molecular complexity index is 2070. The number of carbonyl (C=O) groups excluding carboxylic acids is 3. The number of esters is 2. The van der Waals surface area contributed by atoms with Gasteiger partial charge in [0.05, 0.1) is 30.5 Å². The molecule has 4 bridgehead atoms. The predicted molar refractivity (Wildman–Crippen MR) is 241 cm³/mol. The van der Waals surface area contributed by atoms with Crippen molar-refractivity contribution in [2.75, 3.05) is 32.8 Å². The SMILES string of the molecule is C=CCN1[C@@H]2c3c(cc(C)c(OC)c3O)C[C@H]1[C@H](C#N)N1C2[C@@H]2SCC(NC(=O)CCCCCCCCCCCCCCC)C(=O)OC[C@@H]1c1c3c(c(C)c(OC(C)=O)c12)OCO3. The van der Waals surface area contributed by atoms with E-state index in [1.165, 1.54) is 83.6 Å². The third-order valence-corrected chi connectivity index (χ3v) is 15.1. The van der Waals surface area contributed by atoms with Crippen LogP contribution >= 0.6 is 11.8 Å². The van der Waals surface area contributed by atoms with Crippen LogP contribution in [0.15, 0.2) is 18.7 Å². The first-order valence-corrected chi connectivity index (χ1v) is 24.3. The number of thioether (sulfide) groups is 1. The molecular weight excluding hydrogens is 821 g/mol. The quantitative estimate of drug-likeness (QED) is 0.0597. The Kier molecular flexibility index (Phi) is 15.5. The summed E-state index contributed by atoms with van der Waals surface area (Å²) in [7, 11) is 1.54. The van der Waals surface area contributed by atoms with Gasteiger partial charge >= 0.3 is 11.9 Å². The first-order chi connectivity index (χ1) is 30.6. The van der Waals surface area contributed by atoms with Crippen LogP contribution in [0.2, 0.25) is 0 Å². The molecule has 14 heteroatoms. The van der Waals surface area contributed by atoms with Gasteiger partial charge in [0, 0.05) is 60.0 Å². The third kappa shape index (κ3) is 9.39. The number of hydrogen-bond acceptors (Lipinski definition) is 13. The number of amides is 1. The molecule has 1 amide bonds. The number of benzene rings is 2. The van der Waals surface area contributed by atoms with Crippen LogP contribution < -0.4 is 24.3 Å². The fourth-order valence-electron chi connectivity index (χ4n) is 10.9. The van der Waals surface area contributed by atoms with Gasteiger partial charge in [0.15, 0.2) is 23.0 Å². The number of fused-ring (bicyclic) bond motifs is 9. The monoisotopic (exact) mass is 886 g/mol. The number of methoxy groups -OCH3 is 1. The van der Waals surface area contributed by atoms with Crippen molar-refractivity contribution in [2.45, 2.75) is 166 Å². The summed E-state index contributed by atoms with van der Waals surface area (Å²) < 4.78 is 30.3. The van der Waals surface area contributed by atoms with E-state index in [9.17, 15) is 24.8 Å². The molecule has 0 aliphatic carbocycles. The largest absolute Gasteiger partial charge is 0.504 e. The van der Waals surface area contributed by atoms with Gasteiger partial charge in [-0.3, -0.25) is 19.4 Å².